The molecule has 0 radical (unpaired) electrons. The summed E-state index contributed by atoms with van der Waals surface area (Å²) in [5.41, 5.74) is 2.42. The molecule has 1 aliphatic heterocycles. The van der Waals surface area contributed by atoms with E-state index in [0.717, 1.165) is 11.3 Å². The molecule has 0 saturated carbocycles. The first kappa shape index (κ1) is 20.4. The minimum atomic E-state index is -0.259. The molecule has 7 nitrogen and oxygen atoms in total. The smallest absolute Gasteiger partial charge is 0.270 e. The van der Waals surface area contributed by atoms with Gasteiger partial charge in [0, 0.05) is 13.5 Å². The van der Waals surface area contributed by atoms with E-state index in [1.165, 1.54) is 4.90 Å². The molecule has 1 atom stereocenters. The fourth-order valence-electron chi connectivity index (χ4n) is 3.56. The summed E-state index contributed by atoms with van der Waals surface area (Å²) < 4.78 is 5.21. The van der Waals surface area contributed by atoms with E-state index >= 15 is 0 Å². The van der Waals surface area contributed by atoms with Crippen molar-refractivity contribution in [2.24, 2.45) is 5.10 Å². The van der Waals surface area contributed by atoms with Crippen LogP contribution in [0.2, 0.25) is 0 Å². The van der Waals surface area contributed by atoms with Gasteiger partial charge in [-0.15, -0.1) is 0 Å². The van der Waals surface area contributed by atoms with Gasteiger partial charge >= 0.3 is 0 Å². The van der Waals surface area contributed by atoms with Crippen molar-refractivity contribution in [2.45, 2.75) is 19.0 Å². The number of carbonyl (C=O) groups is 2. The maximum atomic E-state index is 13.0. The first-order valence-corrected chi connectivity index (χ1v) is 10.1. The Hall–Kier alpha value is -3.87. The summed E-state index contributed by atoms with van der Waals surface area (Å²) in [4.78, 5) is 26.7. The van der Waals surface area contributed by atoms with E-state index in [9.17, 15) is 9.59 Å². The molecular weight excluding hydrogens is 392 g/mol. The molecule has 1 aromatic heterocycles. The van der Waals surface area contributed by atoms with Crippen molar-refractivity contribution in [1.82, 2.24) is 10.2 Å². The van der Waals surface area contributed by atoms with Crippen LogP contribution in [0.1, 0.15) is 23.8 Å². The number of benzene rings is 2. The number of nitrogens with one attached hydrogen (secondary N) is 1. The second kappa shape index (κ2) is 9.30. The van der Waals surface area contributed by atoms with Gasteiger partial charge in [-0.2, -0.15) is 5.10 Å². The van der Waals surface area contributed by atoms with Gasteiger partial charge in [0.1, 0.15) is 11.5 Å². The van der Waals surface area contributed by atoms with Gasteiger partial charge in [-0.25, -0.2) is 0 Å². The van der Waals surface area contributed by atoms with Gasteiger partial charge in [-0.1, -0.05) is 48.5 Å². The van der Waals surface area contributed by atoms with Crippen LogP contribution in [0.4, 0.5) is 5.69 Å². The molecule has 0 unspecified atom stereocenters. The van der Waals surface area contributed by atoms with Gasteiger partial charge in [-0.3, -0.25) is 14.6 Å². The molecule has 2 amide bonds. The third kappa shape index (κ3) is 4.83. The molecule has 1 N–H and O–H groups in total. The molecule has 2 heterocycles. The Kier molecular flexibility index (Phi) is 6.12. The molecule has 31 heavy (non-hydrogen) atoms. The van der Waals surface area contributed by atoms with Crippen LogP contribution in [-0.4, -0.2) is 36.0 Å². The van der Waals surface area contributed by atoms with Gasteiger partial charge < -0.3 is 14.6 Å². The van der Waals surface area contributed by atoms with Crippen LogP contribution in [0.5, 0.6) is 0 Å². The SMILES string of the molecule is CN(CC(=O)NCc1ccco1)C(=O)C1=NN(c2ccccc2)[C@H](c2ccccc2)C1. The van der Waals surface area contributed by atoms with Crippen molar-refractivity contribution in [1.29, 1.82) is 0 Å². The van der Waals surface area contributed by atoms with E-state index in [-0.39, 0.29) is 30.9 Å². The van der Waals surface area contributed by atoms with Crippen LogP contribution in [0.3, 0.4) is 0 Å². The van der Waals surface area contributed by atoms with E-state index in [2.05, 4.69) is 10.4 Å². The first-order valence-electron chi connectivity index (χ1n) is 10.1. The highest BCUT2D eigenvalue weighted by molar-refractivity contribution is 6.39. The maximum absolute atomic E-state index is 13.0. The summed E-state index contributed by atoms with van der Waals surface area (Å²) in [6.07, 6.45) is 2.02. The van der Waals surface area contributed by atoms with Gasteiger partial charge in [0.05, 0.1) is 31.1 Å². The quantitative estimate of drug-likeness (QED) is 0.641. The number of hydrogen-bond donors (Lipinski definition) is 1. The third-order valence-electron chi connectivity index (χ3n) is 5.13. The zero-order chi connectivity index (χ0) is 21.6. The lowest BCUT2D eigenvalue weighted by atomic mass is 10.0. The van der Waals surface area contributed by atoms with Crippen LogP contribution in [0, 0.1) is 0 Å². The monoisotopic (exact) mass is 416 g/mol. The lowest BCUT2D eigenvalue weighted by molar-refractivity contribution is -0.130. The lowest BCUT2D eigenvalue weighted by Crippen LogP contribution is -2.40. The zero-order valence-electron chi connectivity index (χ0n) is 17.3. The molecular formula is C24H24N4O3. The van der Waals surface area contributed by atoms with Crippen molar-refractivity contribution < 1.29 is 14.0 Å². The third-order valence-corrected chi connectivity index (χ3v) is 5.13. The van der Waals surface area contributed by atoms with E-state index in [0.29, 0.717) is 17.9 Å². The highest BCUT2D eigenvalue weighted by Crippen LogP contribution is 2.35. The number of likely N-dealkylation sites (N-methyl/N-ethyl adjacent to an activating group) is 1. The number of anilines is 1. The second-order valence-electron chi connectivity index (χ2n) is 7.37. The standard InChI is InChI=1S/C24H24N4O3/c1-27(17-23(29)25-16-20-13-8-14-31-20)24(30)21-15-22(18-9-4-2-5-10-18)28(26-21)19-11-6-3-7-12-19/h2-14,22H,15-17H2,1H3,(H,25,29)/t22-/m0/s1. The Morgan fingerprint density at radius 1 is 1.06 bits per heavy atom. The minimum absolute atomic E-state index is 0.0557. The fraction of sp³-hybridized carbons (Fsp3) is 0.208. The molecule has 0 fully saturated rings. The van der Waals surface area contributed by atoms with E-state index in [1.807, 2.05) is 65.7 Å². The van der Waals surface area contributed by atoms with Crippen molar-refractivity contribution in [3.05, 3.63) is 90.4 Å². The number of hydrazone groups is 1. The molecule has 2 aromatic carbocycles. The average Bonchev–Trinajstić information content (AvgIpc) is 3.48. The molecule has 0 aliphatic carbocycles. The fourth-order valence-corrected chi connectivity index (χ4v) is 3.56. The van der Waals surface area contributed by atoms with Crippen molar-refractivity contribution in [2.75, 3.05) is 18.6 Å². The van der Waals surface area contributed by atoms with Crippen LogP contribution in [0.15, 0.2) is 88.6 Å². The summed E-state index contributed by atoms with van der Waals surface area (Å²) in [7, 11) is 1.61. The number of rotatable bonds is 7. The molecule has 158 valence electrons. The van der Waals surface area contributed by atoms with Crippen LogP contribution in [0.25, 0.3) is 0 Å². The van der Waals surface area contributed by atoms with Crippen LogP contribution < -0.4 is 10.3 Å². The van der Waals surface area contributed by atoms with Crippen molar-refractivity contribution >= 4 is 23.2 Å². The summed E-state index contributed by atoms with van der Waals surface area (Å²) in [5.74, 6) is 0.143. The lowest BCUT2D eigenvalue weighted by Gasteiger charge is -2.23. The molecule has 7 heteroatoms. The molecule has 0 bridgehead atoms. The predicted molar refractivity (Wildman–Crippen MR) is 118 cm³/mol. The average molecular weight is 416 g/mol. The summed E-state index contributed by atoms with van der Waals surface area (Å²) >= 11 is 0. The minimum Gasteiger partial charge on any atom is -0.467 e. The number of furan rings is 1. The largest absolute Gasteiger partial charge is 0.467 e. The Morgan fingerprint density at radius 3 is 2.45 bits per heavy atom. The number of hydrogen-bond acceptors (Lipinski definition) is 5. The van der Waals surface area contributed by atoms with E-state index in [4.69, 9.17) is 4.42 Å². The normalized spacial score (nSPS) is 15.5. The highest BCUT2D eigenvalue weighted by atomic mass is 16.3. The summed E-state index contributed by atoms with van der Waals surface area (Å²) in [6, 6.07) is 23.2. The zero-order valence-corrected chi connectivity index (χ0v) is 17.3. The number of amides is 2. The van der Waals surface area contributed by atoms with Crippen LogP contribution in [-0.2, 0) is 16.1 Å². The topological polar surface area (TPSA) is 78.1 Å². The van der Waals surface area contributed by atoms with Gasteiger partial charge in [0.15, 0.2) is 0 Å². The Bertz CT molecular complexity index is 1050. The molecule has 0 saturated heterocycles. The van der Waals surface area contributed by atoms with E-state index < -0.39 is 0 Å². The number of para-hydroxylation sites is 1. The van der Waals surface area contributed by atoms with Crippen LogP contribution >= 0.6 is 0 Å². The van der Waals surface area contributed by atoms with Gasteiger partial charge in [0.2, 0.25) is 5.91 Å². The summed E-state index contributed by atoms with van der Waals surface area (Å²) in [6.45, 7) is 0.229. The first-order chi connectivity index (χ1) is 15.1. The summed E-state index contributed by atoms with van der Waals surface area (Å²) in [5, 5.41) is 9.28. The molecule has 0 spiro atoms. The molecule has 1 aliphatic rings. The van der Waals surface area contributed by atoms with Gasteiger partial charge in [0.25, 0.3) is 5.91 Å². The predicted octanol–water partition coefficient (Wildman–Crippen LogP) is 3.36. The highest BCUT2D eigenvalue weighted by Gasteiger charge is 2.33. The van der Waals surface area contributed by atoms with Crippen molar-refractivity contribution in [3.63, 3.8) is 0 Å². The number of carbonyl (C=O) groups excluding carboxylic acids is 2. The van der Waals surface area contributed by atoms with Gasteiger partial charge in [-0.05, 0) is 29.8 Å². The van der Waals surface area contributed by atoms with Crippen molar-refractivity contribution in [3.8, 4) is 0 Å². The second-order valence-corrected chi connectivity index (χ2v) is 7.37. The Balaban J connectivity index is 1.46. The molecule has 3 aromatic rings. The number of nitrogens with zero attached hydrogens (tertiary/aromatic N) is 3. The Morgan fingerprint density at radius 2 is 1.77 bits per heavy atom. The molecule has 4 rings (SSSR count). The Labute approximate surface area is 181 Å². The van der Waals surface area contributed by atoms with E-state index in [1.54, 1.807) is 25.4 Å². The maximum Gasteiger partial charge on any atom is 0.270 e.